The first-order chi connectivity index (χ1) is 16.6. The number of hydrogen-bond donors (Lipinski definition) is 1. The highest BCUT2D eigenvalue weighted by Gasteiger charge is 2.33. The van der Waals surface area contributed by atoms with Crippen LogP contribution in [-0.4, -0.2) is 51.4 Å². The van der Waals surface area contributed by atoms with Gasteiger partial charge in [0.2, 0.25) is 5.91 Å². The molecular formula is C25H32F3N3O3S. The number of hydrogen-bond acceptors (Lipinski definition) is 4. The number of piperidine rings is 1. The fourth-order valence-electron chi connectivity index (χ4n) is 4.39. The van der Waals surface area contributed by atoms with Crippen LogP contribution in [0.15, 0.2) is 59.5 Å². The van der Waals surface area contributed by atoms with E-state index in [0.717, 1.165) is 48.4 Å². The van der Waals surface area contributed by atoms with Crippen LogP contribution in [-0.2, 0) is 21.0 Å². The van der Waals surface area contributed by atoms with Crippen molar-refractivity contribution in [2.24, 2.45) is 0 Å². The van der Waals surface area contributed by atoms with Crippen molar-refractivity contribution in [3.63, 3.8) is 0 Å². The maximum Gasteiger partial charge on any atom is 0.416 e. The van der Waals surface area contributed by atoms with Crippen LogP contribution < -0.4 is 9.62 Å². The van der Waals surface area contributed by atoms with Crippen LogP contribution in [0, 0.1) is 0 Å². The summed E-state index contributed by atoms with van der Waals surface area (Å²) < 4.78 is 67.1. The Labute approximate surface area is 205 Å². The molecule has 1 fully saturated rings. The molecule has 2 aromatic rings. The third-order valence-electron chi connectivity index (χ3n) is 6.24. The molecule has 0 bridgehead atoms. The van der Waals surface area contributed by atoms with Crippen LogP contribution >= 0.6 is 0 Å². The van der Waals surface area contributed by atoms with Crippen LogP contribution in [0.1, 0.15) is 44.6 Å². The Kier molecular flexibility index (Phi) is 9.18. The number of carbonyl (C=O) groups excluding carboxylic acids is 1. The molecule has 6 nitrogen and oxygen atoms in total. The second-order valence-corrected chi connectivity index (χ2v) is 10.5. The van der Waals surface area contributed by atoms with Gasteiger partial charge in [0.15, 0.2) is 0 Å². The Morgan fingerprint density at radius 2 is 1.86 bits per heavy atom. The lowest BCUT2D eigenvalue weighted by molar-refractivity contribution is -0.137. The fourth-order valence-corrected chi connectivity index (χ4v) is 5.82. The summed E-state index contributed by atoms with van der Waals surface area (Å²) in [6.07, 6.45) is 0.698. The predicted octanol–water partition coefficient (Wildman–Crippen LogP) is 4.67. The van der Waals surface area contributed by atoms with Gasteiger partial charge in [0.25, 0.3) is 10.0 Å². The highest BCUT2D eigenvalue weighted by atomic mass is 32.2. The summed E-state index contributed by atoms with van der Waals surface area (Å²) in [6.45, 7) is 3.76. The number of amides is 1. The van der Waals surface area contributed by atoms with E-state index < -0.39 is 34.2 Å². The summed E-state index contributed by atoms with van der Waals surface area (Å²) in [6, 6.07) is 11.9. The Hall–Kier alpha value is -2.59. The van der Waals surface area contributed by atoms with Gasteiger partial charge in [-0.15, -0.1) is 0 Å². The predicted molar refractivity (Wildman–Crippen MR) is 130 cm³/mol. The van der Waals surface area contributed by atoms with Gasteiger partial charge in [-0.3, -0.25) is 9.10 Å². The smallest absolute Gasteiger partial charge is 0.354 e. The Bertz CT molecular complexity index is 1080. The van der Waals surface area contributed by atoms with Crippen molar-refractivity contribution in [1.29, 1.82) is 0 Å². The van der Waals surface area contributed by atoms with Crippen LogP contribution in [0.3, 0.4) is 0 Å². The summed E-state index contributed by atoms with van der Waals surface area (Å²) in [5.41, 5.74) is -1.21. The minimum Gasteiger partial charge on any atom is -0.354 e. The third kappa shape index (κ3) is 7.20. The first-order valence-corrected chi connectivity index (χ1v) is 13.3. The maximum absolute atomic E-state index is 13.3. The van der Waals surface area contributed by atoms with Crippen molar-refractivity contribution in [2.75, 3.05) is 30.5 Å². The standard InChI is InChI=1S/C25H32F3N3O3S/c1-2-21-11-6-7-16-30(21)17-9-15-29-24(32)19-31(35(33,34)23-13-4-3-5-14-23)22-12-8-10-20(18-22)25(26,27)28/h3-5,8,10,12-14,18,21H,2,6-7,9,11,15-17,19H2,1H3,(H,29,32). The van der Waals surface area contributed by atoms with Gasteiger partial charge >= 0.3 is 6.18 Å². The monoisotopic (exact) mass is 511 g/mol. The van der Waals surface area contributed by atoms with Crippen molar-refractivity contribution >= 4 is 21.6 Å². The summed E-state index contributed by atoms with van der Waals surface area (Å²) in [4.78, 5) is 15.0. The van der Waals surface area contributed by atoms with Crippen LogP contribution in [0.5, 0.6) is 0 Å². The number of benzene rings is 2. The number of halogens is 3. The van der Waals surface area contributed by atoms with E-state index in [2.05, 4.69) is 17.1 Å². The van der Waals surface area contributed by atoms with Gasteiger partial charge in [0.05, 0.1) is 16.1 Å². The van der Waals surface area contributed by atoms with E-state index in [-0.39, 0.29) is 10.6 Å². The second kappa shape index (κ2) is 11.9. The zero-order valence-corrected chi connectivity index (χ0v) is 20.6. The van der Waals surface area contributed by atoms with Crippen molar-refractivity contribution in [2.45, 2.75) is 56.1 Å². The number of nitrogens with one attached hydrogen (secondary N) is 1. The molecule has 1 N–H and O–H groups in total. The molecule has 192 valence electrons. The molecule has 1 aliphatic heterocycles. The maximum atomic E-state index is 13.3. The second-order valence-electron chi connectivity index (χ2n) is 8.67. The Morgan fingerprint density at radius 1 is 1.11 bits per heavy atom. The van der Waals surface area contributed by atoms with E-state index >= 15 is 0 Å². The Balaban J connectivity index is 1.72. The van der Waals surface area contributed by atoms with Crippen LogP contribution in [0.4, 0.5) is 18.9 Å². The quantitative estimate of drug-likeness (QED) is 0.471. The molecule has 35 heavy (non-hydrogen) atoms. The van der Waals surface area contributed by atoms with E-state index in [1.807, 2.05) is 0 Å². The highest BCUT2D eigenvalue weighted by molar-refractivity contribution is 7.92. The molecule has 1 heterocycles. The molecular weight excluding hydrogens is 479 g/mol. The van der Waals surface area contributed by atoms with E-state index in [1.54, 1.807) is 6.07 Å². The summed E-state index contributed by atoms with van der Waals surface area (Å²) in [7, 11) is -4.27. The lowest BCUT2D eigenvalue weighted by Crippen LogP contribution is -2.43. The van der Waals surface area contributed by atoms with Crippen LogP contribution in [0.25, 0.3) is 0 Å². The average Bonchev–Trinajstić information content (AvgIpc) is 2.85. The first kappa shape index (κ1) is 27.0. The molecule has 1 saturated heterocycles. The Morgan fingerprint density at radius 3 is 2.54 bits per heavy atom. The highest BCUT2D eigenvalue weighted by Crippen LogP contribution is 2.33. The number of anilines is 1. The normalized spacial score (nSPS) is 17.2. The largest absolute Gasteiger partial charge is 0.416 e. The minimum absolute atomic E-state index is 0.110. The van der Waals surface area contributed by atoms with Gasteiger partial charge in [0.1, 0.15) is 6.54 Å². The van der Waals surface area contributed by atoms with E-state index in [0.29, 0.717) is 19.0 Å². The molecule has 2 aromatic carbocycles. The molecule has 1 atom stereocenters. The molecule has 1 unspecified atom stereocenters. The molecule has 10 heteroatoms. The number of alkyl halides is 3. The van der Waals surface area contributed by atoms with Gasteiger partial charge in [0, 0.05) is 19.1 Å². The molecule has 0 spiro atoms. The average molecular weight is 512 g/mol. The molecule has 0 radical (unpaired) electrons. The molecule has 0 aromatic heterocycles. The van der Waals surface area contributed by atoms with Crippen molar-refractivity contribution in [3.05, 3.63) is 60.2 Å². The molecule has 3 rings (SSSR count). The number of likely N-dealkylation sites (tertiary alicyclic amines) is 1. The van der Waals surface area contributed by atoms with Gasteiger partial charge in [-0.2, -0.15) is 13.2 Å². The van der Waals surface area contributed by atoms with Gasteiger partial charge in [-0.25, -0.2) is 8.42 Å². The number of nitrogens with zero attached hydrogens (tertiary/aromatic N) is 2. The third-order valence-corrected chi connectivity index (χ3v) is 8.03. The molecule has 1 amide bonds. The van der Waals surface area contributed by atoms with E-state index in [4.69, 9.17) is 0 Å². The van der Waals surface area contributed by atoms with Crippen molar-refractivity contribution < 1.29 is 26.4 Å². The van der Waals surface area contributed by atoms with Gasteiger partial charge in [-0.1, -0.05) is 37.6 Å². The van der Waals surface area contributed by atoms with Crippen molar-refractivity contribution in [1.82, 2.24) is 10.2 Å². The molecule has 1 aliphatic rings. The number of sulfonamides is 1. The lowest BCUT2D eigenvalue weighted by Gasteiger charge is -2.35. The summed E-state index contributed by atoms with van der Waals surface area (Å²) in [5.74, 6) is -0.576. The number of carbonyl (C=O) groups is 1. The number of rotatable bonds is 10. The minimum atomic E-state index is -4.65. The SMILES string of the molecule is CCC1CCCCN1CCCNC(=O)CN(c1cccc(C(F)(F)F)c1)S(=O)(=O)c1ccccc1. The fraction of sp³-hybridized carbons (Fsp3) is 0.480. The van der Waals surface area contributed by atoms with E-state index in [1.165, 1.54) is 43.2 Å². The molecule has 0 saturated carbocycles. The summed E-state index contributed by atoms with van der Waals surface area (Å²) >= 11 is 0. The molecule has 0 aliphatic carbocycles. The van der Waals surface area contributed by atoms with Crippen molar-refractivity contribution in [3.8, 4) is 0 Å². The van der Waals surface area contributed by atoms with Crippen LogP contribution in [0.2, 0.25) is 0 Å². The summed E-state index contributed by atoms with van der Waals surface area (Å²) in [5, 5.41) is 2.73. The van der Waals surface area contributed by atoms with E-state index in [9.17, 15) is 26.4 Å². The lowest BCUT2D eigenvalue weighted by atomic mass is 10.00. The van der Waals surface area contributed by atoms with Gasteiger partial charge < -0.3 is 10.2 Å². The first-order valence-electron chi connectivity index (χ1n) is 11.9. The zero-order chi connectivity index (χ0) is 25.5. The van der Waals surface area contributed by atoms with Gasteiger partial charge in [-0.05, 0) is 62.6 Å². The topological polar surface area (TPSA) is 69.7 Å². The zero-order valence-electron chi connectivity index (χ0n) is 19.8.